The number of aliphatic hydroxyl groups excluding tert-OH is 5. The molecular formula is C15H31NO6. The lowest BCUT2D eigenvalue weighted by Gasteiger charge is -2.28. The summed E-state index contributed by atoms with van der Waals surface area (Å²) < 4.78 is 0. The molecule has 132 valence electrons. The highest BCUT2D eigenvalue weighted by Crippen LogP contribution is 2.09. The van der Waals surface area contributed by atoms with E-state index in [0.717, 1.165) is 32.1 Å². The first kappa shape index (κ1) is 21.3. The van der Waals surface area contributed by atoms with Crippen molar-refractivity contribution in [3.63, 3.8) is 0 Å². The third-order valence-electron chi connectivity index (χ3n) is 3.71. The lowest BCUT2D eigenvalue weighted by molar-refractivity contribution is -0.138. The van der Waals surface area contributed by atoms with Crippen LogP contribution >= 0.6 is 0 Å². The molecule has 0 rings (SSSR count). The summed E-state index contributed by atoms with van der Waals surface area (Å²) in [7, 11) is 1.51. The Morgan fingerprint density at radius 3 is 2.05 bits per heavy atom. The predicted molar refractivity (Wildman–Crippen MR) is 82.1 cm³/mol. The highest BCUT2D eigenvalue weighted by molar-refractivity contribution is 5.75. The fourth-order valence-corrected chi connectivity index (χ4v) is 2.12. The van der Waals surface area contributed by atoms with Crippen molar-refractivity contribution in [3.8, 4) is 0 Å². The van der Waals surface area contributed by atoms with Gasteiger partial charge in [-0.2, -0.15) is 0 Å². The Balaban J connectivity index is 4.11. The number of nitrogens with zero attached hydrogens (tertiary/aromatic N) is 1. The average Bonchev–Trinajstić information content (AvgIpc) is 2.51. The van der Waals surface area contributed by atoms with E-state index in [9.17, 15) is 25.2 Å². The number of aliphatic hydroxyl groups is 5. The Morgan fingerprint density at radius 1 is 0.955 bits per heavy atom. The first-order valence-electron chi connectivity index (χ1n) is 7.92. The lowest BCUT2D eigenvalue weighted by atomic mass is 10.0. The maximum Gasteiger partial charge on any atom is 0.222 e. The first-order valence-corrected chi connectivity index (χ1v) is 7.92. The smallest absolute Gasteiger partial charge is 0.222 e. The molecule has 0 saturated carbocycles. The molecule has 0 spiro atoms. The van der Waals surface area contributed by atoms with Gasteiger partial charge in [0.05, 0.1) is 6.61 Å². The zero-order valence-electron chi connectivity index (χ0n) is 13.6. The molecule has 0 aliphatic rings. The van der Waals surface area contributed by atoms with Gasteiger partial charge in [-0.3, -0.25) is 4.79 Å². The topological polar surface area (TPSA) is 121 Å². The maximum absolute atomic E-state index is 11.9. The van der Waals surface area contributed by atoms with Crippen LogP contribution in [0.5, 0.6) is 0 Å². The fraction of sp³-hybridized carbons (Fsp3) is 0.933. The molecule has 1 amide bonds. The molecule has 0 unspecified atom stereocenters. The third kappa shape index (κ3) is 8.05. The van der Waals surface area contributed by atoms with Crippen molar-refractivity contribution in [2.24, 2.45) is 0 Å². The van der Waals surface area contributed by atoms with Crippen LogP contribution in [0.3, 0.4) is 0 Å². The molecule has 0 aliphatic carbocycles. The van der Waals surface area contributed by atoms with Crippen LogP contribution in [0, 0.1) is 0 Å². The van der Waals surface area contributed by atoms with Gasteiger partial charge < -0.3 is 30.4 Å². The van der Waals surface area contributed by atoms with Crippen LogP contribution in [0.2, 0.25) is 0 Å². The molecule has 0 aromatic rings. The van der Waals surface area contributed by atoms with Crippen molar-refractivity contribution in [3.05, 3.63) is 0 Å². The minimum Gasteiger partial charge on any atom is -0.394 e. The summed E-state index contributed by atoms with van der Waals surface area (Å²) >= 11 is 0. The van der Waals surface area contributed by atoms with Gasteiger partial charge in [0.15, 0.2) is 0 Å². The lowest BCUT2D eigenvalue weighted by Crippen LogP contribution is -2.49. The molecule has 22 heavy (non-hydrogen) atoms. The molecule has 0 bridgehead atoms. The number of carbonyl (C=O) groups excluding carboxylic acids is 1. The number of hydrogen-bond donors (Lipinski definition) is 5. The number of unbranched alkanes of at least 4 members (excludes halogenated alkanes) is 4. The highest BCUT2D eigenvalue weighted by atomic mass is 16.4. The van der Waals surface area contributed by atoms with Crippen LogP contribution in [-0.4, -0.2) is 81.0 Å². The second kappa shape index (κ2) is 11.8. The quantitative estimate of drug-likeness (QED) is 0.301. The zero-order chi connectivity index (χ0) is 17.1. The highest BCUT2D eigenvalue weighted by Gasteiger charge is 2.31. The van der Waals surface area contributed by atoms with Crippen LogP contribution < -0.4 is 0 Å². The molecule has 7 nitrogen and oxygen atoms in total. The SMILES string of the molecule is CCCCCCCC(=O)N(C)C[C@H](O)[C@@H](O)[C@H](O)[C@H](O)CO. The van der Waals surface area contributed by atoms with Crippen LogP contribution in [0.4, 0.5) is 0 Å². The largest absolute Gasteiger partial charge is 0.394 e. The predicted octanol–water partition coefficient (Wildman–Crippen LogP) is -0.759. The third-order valence-corrected chi connectivity index (χ3v) is 3.71. The van der Waals surface area contributed by atoms with Crippen LogP contribution in [0.15, 0.2) is 0 Å². The summed E-state index contributed by atoms with van der Waals surface area (Å²) in [4.78, 5) is 13.2. The standard InChI is InChI=1S/C15H31NO6/c1-3-4-5-6-7-8-13(20)16(2)9-11(18)14(21)15(22)12(19)10-17/h11-12,14-15,17-19,21-22H,3-10H2,1-2H3/t11-,12+,14+,15+/m0/s1. The molecule has 0 fully saturated rings. The van der Waals surface area contributed by atoms with Gasteiger partial charge in [-0.1, -0.05) is 32.6 Å². The summed E-state index contributed by atoms with van der Waals surface area (Å²) in [5.74, 6) is -0.139. The van der Waals surface area contributed by atoms with Crippen molar-refractivity contribution in [2.75, 3.05) is 20.2 Å². The molecule has 0 aliphatic heterocycles. The Hall–Kier alpha value is -0.730. The zero-order valence-corrected chi connectivity index (χ0v) is 13.6. The van der Waals surface area contributed by atoms with E-state index in [-0.39, 0.29) is 12.5 Å². The van der Waals surface area contributed by atoms with Gasteiger partial charge in [0, 0.05) is 20.0 Å². The molecule has 4 atom stereocenters. The fourth-order valence-electron chi connectivity index (χ4n) is 2.12. The van der Waals surface area contributed by atoms with Crippen molar-refractivity contribution in [1.82, 2.24) is 4.90 Å². The van der Waals surface area contributed by atoms with Gasteiger partial charge in [-0.25, -0.2) is 0 Å². The number of carbonyl (C=O) groups is 1. The van der Waals surface area contributed by atoms with E-state index < -0.39 is 31.0 Å². The van der Waals surface area contributed by atoms with Gasteiger partial charge in [-0.15, -0.1) is 0 Å². The minimum atomic E-state index is -1.67. The van der Waals surface area contributed by atoms with Gasteiger partial charge in [-0.05, 0) is 6.42 Å². The van der Waals surface area contributed by atoms with E-state index in [1.807, 2.05) is 0 Å². The van der Waals surface area contributed by atoms with Gasteiger partial charge in [0.25, 0.3) is 0 Å². The molecule has 0 aromatic carbocycles. The van der Waals surface area contributed by atoms with Crippen LogP contribution in [0.25, 0.3) is 0 Å². The summed E-state index contributed by atoms with van der Waals surface area (Å²) in [5.41, 5.74) is 0. The average molecular weight is 321 g/mol. The molecule has 7 heteroatoms. The van der Waals surface area contributed by atoms with Gasteiger partial charge in [0.2, 0.25) is 5.91 Å². The van der Waals surface area contributed by atoms with E-state index in [1.54, 1.807) is 0 Å². The molecule has 0 radical (unpaired) electrons. The Labute approximate surface area is 132 Å². The monoisotopic (exact) mass is 321 g/mol. The Bertz CT molecular complexity index is 302. The van der Waals surface area contributed by atoms with Crippen molar-refractivity contribution in [2.45, 2.75) is 69.9 Å². The number of amides is 1. The van der Waals surface area contributed by atoms with Crippen LogP contribution in [-0.2, 0) is 4.79 Å². The number of likely N-dealkylation sites (N-methyl/N-ethyl adjacent to an activating group) is 1. The van der Waals surface area contributed by atoms with E-state index >= 15 is 0 Å². The van der Waals surface area contributed by atoms with Crippen molar-refractivity contribution in [1.29, 1.82) is 0 Å². The van der Waals surface area contributed by atoms with Gasteiger partial charge in [0.1, 0.15) is 24.4 Å². The Morgan fingerprint density at radius 2 is 1.50 bits per heavy atom. The molecule has 0 heterocycles. The maximum atomic E-state index is 11.9. The molecule has 0 aromatic heterocycles. The summed E-state index contributed by atoms with van der Waals surface area (Å²) in [6.07, 6.45) is -0.701. The summed E-state index contributed by atoms with van der Waals surface area (Å²) in [6, 6.07) is 0. The van der Waals surface area contributed by atoms with E-state index in [2.05, 4.69) is 6.92 Å². The first-order chi connectivity index (χ1) is 10.3. The van der Waals surface area contributed by atoms with Gasteiger partial charge >= 0.3 is 0 Å². The second-order valence-corrected chi connectivity index (χ2v) is 5.74. The van der Waals surface area contributed by atoms with E-state index in [1.165, 1.54) is 11.9 Å². The second-order valence-electron chi connectivity index (χ2n) is 5.74. The van der Waals surface area contributed by atoms with Crippen molar-refractivity contribution < 1.29 is 30.3 Å². The normalized spacial score (nSPS) is 16.9. The summed E-state index contributed by atoms with van der Waals surface area (Å²) in [6.45, 7) is 1.25. The molecule has 5 N–H and O–H groups in total. The number of hydrogen-bond acceptors (Lipinski definition) is 6. The van der Waals surface area contributed by atoms with E-state index in [4.69, 9.17) is 5.11 Å². The van der Waals surface area contributed by atoms with Crippen LogP contribution in [0.1, 0.15) is 45.4 Å². The molecule has 0 saturated heterocycles. The molecular weight excluding hydrogens is 290 g/mol. The summed E-state index contributed by atoms with van der Waals surface area (Å²) in [5, 5.41) is 46.9. The number of rotatable bonds is 12. The Kier molecular flexibility index (Phi) is 11.4. The van der Waals surface area contributed by atoms with Crippen molar-refractivity contribution >= 4 is 5.91 Å². The minimum absolute atomic E-state index is 0.139. The van der Waals surface area contributed by atoms with E-state index in [0.29, 0.717) is 6.42 Å².